The molecule has 2 unspecified atom stereocenters. The predicted octanol–water partition coefficient (Wildman–Crippen LogP) is 4.99. The number of carbonyl (C=O) groups is 1. The van der Waals surface area contributed by atoms with Gasteiger partial charge in [0.05, 0.1) is 25.8 Å². The van der Waals surface area contributed by atoms with E-state index in [0.717, 1.165) is 62.2 Å². The highest BCUT2D eigenvalue weighted by Gasteiger charge is 2.35. The topological polar surface area (TPSA) is 42.0 Å². The second-order valence-corrected chi connectivity index (χ2v) is 8.62. The van der Waals surface area contributed by atoms with Gasteiger partial charge in [-0.2, -0.15) is 0 Å². The van der Waals surface area contributed by atoms with Crippen molar-refractivity contribution < 1.29 is 14.3 Å². The minimum atomic E-state index is -0.105. The Labute approximate surface area is 185 Å². The number of benzene rings is 2. The Balaban J connectivity index is 1.65. The molecule has 31 heavy (non-hydrogen) atoms. The van der Waals surface area contributed by atoms with Gasteiger partial charge in [-0.15, -0.1) is 0 Å². The third-order valence-corrected chi connectivity index (χ3v) is 6.76. The van der Waals surface area contributed by atoms with Crippen LogP contribution in [0.5, 0.6) is 11.5 Å². The normalized spacial score (nSPS) is 22.2. The SMILES string of the molecule is COc1cccc(OC)c1C1CCCC(C=O)N1Cc1cccc(N2CCCCC2)c1. The van der Waals surface area contributed by atoms with E-state index in [-0.39, 0.29) is 12.1 Å². The molecule has 0 aliphatic carbocycles. The van der Waals surface area contributed by atoms with Crippen LogP contribution in [0.1, 0.15) is 55.7 Å². The average molecular weight is 423 g/mol. The van der Waals surface area contributed by atoms with Gasteiger partial charge in [-0.05, 0) is 68.4 Å². The van der Waals surface area contributed by atoms with Crippen molar-refractivity contribution in [2.24, 2.45) is 0 Å². The molecule has 2 aromatic rings. The Bertz CT molecular complexity index is 856. The van der Waals surface area contributed by atoms with Crippen LogP contribution >= 0.6 is 0 Å². The molecule has 2 fully saturated rings. The molecule has 0 aromatic heterocycles. The largest absolute Gasteiger partial charge is 0.496 e. The third-order valence-electron chi connectivity index (χ3n) is 6.76. The lowest BCUT2D eigenvalue weighted by atomic mass is 9.89. The number of piperidine rings is 2. The van der Waals surface area contributed by atoms with Crippen molar-refractivity contribution in [1.82, 2.24) is 4.90 Å². The molecule has 0 bridgehead atoms. The molecule has 2 saturated heterocycles. The van der Waals surface area contributed by atoms with Crippen LogP contribution in [-0.2, 0) is 11.3 Å². The van der Waals surface area contributed by atoms with Crippen molar-refractivity contribution in [3.63, 3.8) is 0 Å². The molecule has 5 nitrogen and oxygen atoms in total. The van der Waals surface area contributed by atoms with Gasteiger partial charge >= 0.3 is 0 Å². The maximum atomic E-state index is 12.0. The second-order valence-electron chi connectivity index (χ2n) is 8.62. The smallest absolute Gasteiger partial charge is 0.137 e. The zero-order valence-corrected chi connectivity index (χ0v) is 18.8. The number of carbonyl (C=O) groups excluding carboxylic acids is 1. The standard InChI is InChI=1S/C26H34N2O3/c1-30-24-13-8-14-25(31-2)26(24)23-12-7-11-22(19-29)28(23)18-20-9-6-10-21(17-20)27-15-4-3-5-16-27/h6,8-10,13-14,17,19,22-23H,3-5,7,11-12,15-16,18H2,1-2H3. The van der Waals surface area contributed by atoms with E-state index < -0.39 is 0 Å². The van der Waals surface area contributed by atoms with Crippen LogP contribution in [-0.4, -0.2) is 44.5 Å². The van der Waals surface area contributed by atoms with Crippen molar-refractivity contribution >= 4 is 12.0 Å². The lowest BCUT2D eigenvalue weighted by molar-refractivity contribution is -0.115. The van der Waals surface area contributed by atoms with E-state index in [1.165, 1.54) is 30.5 Å². The highest BCUT2D eigenvalue weighted by Crippen LogP contribution is 2.43. The Morgan fingerprint density at radius 2 is 1.65 bits per heavy atom. The molecule has 5 heteroatoms. The van der Waals surface area contributed by atoms with Gasteiger partial charge < -0.3 is 19.2 Å². The quantitative estimate of drug-likeness (QED) is 0.588. The van der Waals surface area contributed by atoms with Crippen LogP contribution in [0.15, 0.2) is 42.5 Å². The van der Waals surface area contributed by atoms with E-state index in [2.05, 4.69) is 34.1 Å². The third kappa shape index (κ3) is 4.72. The molecule has 2 atom stereocenters. The first-order valence-corrected chi connectivity index (χ1v) is 11.5. The van der Waals surface area contributed by atoms with Gasteiger partial charge in [-0.1, -0.05) is 18.2 Å². The Hall–Kier alpha value is -2.53. The lowest BCUT2D eigenvalue weighted by Crippen LogP contribution is -2.42. The molecule has 0 N–H and O–H groups in total. The molecule has 0 radical (unpaired) electrons. The van der Waals surface area contributed by atoms with Crippen molar-refractivity contribution in [3.05, 3.63) is 53.6 Å². The molecule has 2 aromatic carbocycles. The van der Waals surface area contributed by atoms with E-state index >= 15 is 0 Å². The number of rotatable bonds is 7. The van der Waals surface area contributed by atoms with Crippen LogP contribution in [0.25, 0.3) is 0 Å². The Kier molecular flexibility index (Phi) is 7.13. The lowest BCUT2D eigenvalue weighted by Gasteiger charge is -2.41. The summed E-state index contributed by atoms with van der Waals surface area (Å²) in [7, 11) is 3.40. The zero-order valence-electron chi connectivity index (χ0n) is 18.8. The molecule has 0 spiro atoms. The number of anilines is 1. The van der Waals surface area contributed by atoms with Crippen LogP contribution in [0.2, 0.25) is 0 Å². The highest BCUT2D eigenvalue weighted by molar-refractivity contribution is 5.59. The predicted molar refractivity (Wildman–Crippen MR) is 124 cm³/mol. The van der Waals surface area contributed by atoms with E-state index in [1.54, 1.807) is 14.2 Å². The minimum absolute atomic E-state index is 0.0775. The molecule has 2 aliphatic rings. The Morgan fingerprint density at radius 1 is 0.935 bits per heavy atom. The fourth-order valence-electron chi connectivity index (χ4n) is 5.19. The molecular weight excluding hydrogens is 388 g/mol. The van der Waals surface area contributed by atoms with Gasteiger partial charge in [-0.3, -0.25) is 4.90 Å². The Morgan fingerprint density at radius 3 is 2.32 bits per heavy atom. The molecular formula is C26H34N2O3. The van der Waals surface area contributed by atoms with Crippen molar-refractivity contribution in [1.29, 1.82) is 0 Å². The maximum absolute atomic E-state index is 12.0. The number of nitrogens with zero attached hydrogens (tertiary/aromatic N) is 2. The molecule has 2 heterocycles. The van der Waals surface area contributed by atoms with Crippen LogP contribution in [0, 0.1) is 0 Å². The summed E-state index contributed by atoms with van der Waals surface area (Å²) in [5.41, 5.74) is 3.59. The first kappa shape index (κ1) is 21.7. The van der Waals surface area contributed by atoms with E-state index in [4.69, 9.17) is 9.47 Å². The summed E-state index contributed by atoms with van der Waals surface area (Å²) in [5, 5.41) is 0. The first-order valence-electron chi connectivity index (χ1n) is 11.5. The number of methoxy groups -OCH3 is 2. The number of ether oxygens (including phenoxy) is 2. The summed E-state index contributed by atoms with van der Waals surface area (Å²) in [6.07, 6.45) is 7.85. The zero-order chi connectivity index (χ0) is 21.6. The van der Waals surface area contributed by atoms with E-state index in [0.29, 0.717) is 0 Å². The van der Waals surface area contributed by atoms with Crippen LogP contribution in [0.4, 0.5) is 5.69 Å². The minimum Gasteiger partial charge on any atom is -0.496 e. The highest BCUT2D eigenvalue weighted by atomic mass is 16.5. The molecule has 0 amide bonds. The molecule has 166 valence electrons. The molecule has 0 saturated carbocycles. The first-order chi connectivity index (χ1) is 15.2. The summed E-state index contributed by atoms with van der Waals surface area (Å²) < 4.78 is 11.4. The summed E-state index contributed by atoms with van der Waals surface area (Å²) in [5.74, 6) is 1.64. The van der Waals surface area contributed by atoms with Crippen molar-refractivity contribution in [2.45, 2.75) is 57.2 Å². The van der Waals surface area contributed by atoms with Gasteiger partial charge in [0.25, 0.3) is 0 Å². The maximum Gasteiger partial charge on any atom is 0.137 e. The number of aldehydes is 1. The van der Waals surface area contributed by atoms with Gasteiger partial charge in [0.2, 0.25) is 0 Å². The monoisotopic (exact) mass is 422 g/mol. The van der Waals surface area contributed by atoms with Gasteiger partial charge in [0, 0.05) is 31.4 Å². The fraction of sp³-hybridized carbons (Fsp3) is 0.500. The second kappa shape index (κ2) is 10.2. The number of hydrogen-bond acceptors (Lipinski definition) is 5. The summed E-state index contributed by atoms with van der Waals surface area (Å²) >= 11 is 0. The number of hydrogen-bond donors (Lipinski definition) is 0. The summed E-state index contributed by atoms with van der Waals surface area (Å²) in [6.45, 7) is 2.99. The van der Waals surface area contributed by atoms with Gasteiger partial charge in [0.1, 0.15) is 17.8 Å². The number of likely N-dealkylation sites (tertiary alicyclic amines) is 1. The van der Waals surface area contributed by atoms with Crippen LogP contribution in [0.3, 0.4) is 0 Å². The van der Waals surface area contributed by atoms with E-state index in [9.17, 15) is 4.79 Å². The van der Waals surface area contributed by atoms with Crippen molar-refractivity contribution in [2.75, 3.05) is 32.2 Å². The summed E-state index contributed by atoms with van der Waals surface area (Å²) in [4.78, 5) is 16.9. The van der Waals surface area contributed by atoms with Gasteiger partial charge in [0.15, 0.2) is 0 Å². The average Bonchev–Trinajstić information content (AvgIpc) is 2.84. The molecule has 4 rings (SSSR count). The fourth-order valence-corrected chi connectivity index (χ4v) is 5.19. The van der Waals surface area contributed by atoms with E-state index in [1.807, 2.05) is 18.2 Å². The summed E-state index contributed by atoms with van der Waals surface area (Å²) in [6, 6.07) is 14.7. The van der Waals surface area contributed by atoms with Gasteiger partial charge in [-0.25, -0.2) is 0 Å². The van der Waals surface area contributed by atoms with Crippen molar-refractivity contribution in [3.8, 4) is 11.5 Å². The van der Waals surface area contributed by atoms with Crippen LogP contribution < -0.4 is 14.4 Å². The molecule has 2 aliphatic heterocycles.